The fourth-order valence-corrected chi connectivity index (χ4v) is 2.83. The average Bonchev–Trinajstić information content (AvgIpc) is 2.64. The van der Waals surface area contributed by atoms with E-state index in [1.165, 1.54) is 44.9 Å². The van der Waals surface area contributed by atoms with Crippen LogP contribution in [0.5, 0.6) is 0 Å². The molecule has 5 nitrogen and oxygen atoms in total. The van der Waals surface area contributed by atoms with Crippen molar-refractivity contribution >= 4 is 11.9 Å². The van der Waals surface area contributed by atoms with E-state index in [2.05, 4.69) is 12.2 Å². The molecule has 154 valence electrons. The summed E-state index contributed by atoms with van der Waals surface area (Å²) in [4.78, 5) is 23.3. The number of hydrogen-bond donors (Lipinski definition) is 2. The van der Waals surface area contributed by atoms with Crippen molar-refractivity contribution < 1.29 is 14.3 Å². The number of nitrogens with two attached hydrogens (primary N) is 1. The van der Waals surface area contributed by atoms with Crippen molar-refractivity contribution in [1.82, 2.24) is 5.32 Å². The van der Waals surface area contributed by atoms with Crippen LogP contribution < -0.4 is 11.1 Å². The molecule has 0 radical (unpaired) electrons. The van der Waals surface area contributed by atoms with Crippen LogP contribution in [0.3, 0.4) is 0 Å². The second kappa shape index (κ2) is 18.7. The van der Waals surface area contributed by atoms with Crippen molar-refractivity contribution in [2.24, 2.45) is 5.73 Å². The van der Waals surface area contributed by atoms with Crippen molar-refractivity contribution in [3.63, 3.8) is 0 Å². The standard InChI is InChI=1S/C21H42N2O3/c1-3-5-6-7-8-9-10-11-12-16-20(24)23-17-14-13-15-19(22)21(25)26-18-4-2/h19H,3-18,22H2,1-2H3,(H,23,24)/t19-/m0/s1. The first kappa shape index (κ1) is 24.9. The fourth-order valence-electron chi connectivity index (χ4n) is 2.83. The van der Waals surface area contributed by atoms with Gasteiger partial charge in [0.15, 0.2) is 0 Å². The van der Waals surface area contributed by atoms with Crippen molar-refractivity contribution in [2.45, 2.75) is 110 Å². The Kier molecular flexibility index (Phi) is 17.9. The molecular weight excluding hydrogens is 328 g/mol. The number of carbonyl (C=O) groups is 2. The molecule has 0 spiro atoms. The van der Waals surface area contributed by atoms with Gasteiger partial charge in [0.05, 0.1) is 6.61 Å². The van der Waals surface area contributed by atoms with Gasteiger partial charge in [-0.05, 0) is 32.1 Å². The molecule has 0 aliphatic rings. The first-order chi connectivity index (χ1) is 12.6. The molecule has 0 aromatic heterocycles. The summed E-state index contributed by atoms with van der Waals surface area (Å²) in [5.41, 5.74) is 5.78. The van der Waals surface area contributed by atoms with Crippen LogP contribution in [0.1, 0.15) is 104 Å². The molecule has 1 atom stereocenters. The Morgan fingerprint density at radius 1 is 0.846 bits per heavy atom. The van der Waals surface area contributed by atoms with E-state index in [-0.39, 0.29) is 11.9 Å². The second-order valence-corrected chi connectivity index (χ2v) is 7.20. The van der Waals surface area contributed by atoms with Crippen LogP contribution in [0.15, 0.2) is 0 Å². The average molecular weight is 371 g/mol. The zero-order valence-electron chi connectivity index (χ0n) is 17.2. The van der Waals surface area contributed by atoms with Crippen LogP contribution in [0.4, 0.5) is 0 Å². The molecule has 5 heteroatoms. The lowest BCUT2D eigenvalue weighted by molar-refractivity contribution is -0.145. The number of carbonyl (C=O) groups excluding carboxylic acids is 2. The predicted molar refractivity (Wildman–Crippen MR) is 108 cm³/mol. The van der Waals surface area contributed by atoms with Gasteiger partial charge in [-0.25, -0.2) is 0 Å². The van der Waals surface area contributed by atoms with E-state index in [1.807, 2.05) is 6.92 Å². The fraction of sp³-hybridized carbons (Fsp3) is 0.905. The Hall–Kier alpha value is -1.10. The monoisotopic (exact) mass is 370 g/mol. The van der Waals surface area contributed by atoms with Crippen LogP contribution in [0.25, 0.3) is 0 Å². The lowest BCUT2D eigenvalue weighted by Gasteiger charge is -2.11. The molecule has 0 aromatic carbocycles. The molecule has 0 heterocycles. The summed E-state index contributed by atoms with van der Waals surface area (Å²) in [5.74, 6) is -0.180. The van der Waals surface area contributed by atoms with E-state index in [4.69, 9.17) is 10.5 Å². The molecule has 1 amide bonds. The number of nitrogens with one attached hydrogen (secondary N) is 1. The number of ether oxygens (including phenoxy) is 1. The van der Waals surface area contributed by atoms with Gasteiger partial charge >= 0.3 is 5.97 Å². The molecule has 0 bridgehead atoms. The van der Waals surface area contributed by atoms with Gasteiger partial charge in [-0.2, -0.15) is 0 Å². The highest BCUT2D eigenvalue weighted by atomic mass is 16.5. The zero-order valence-corrected chi connectivity index (χ0v) is 17.2. The Morgan fingerprint density at radius 2 is 1.46 bits per heavy atom. The molecule has 0 aliphatic heterocycles. The van der Waals surface area contributed by atoms with E-state index in [9.17, 15) is 9.59 Å². The molecule has 3 N–H and O–H groups in total. The van der Waals surface area contributed by atoms with Crippen LogP contribution >= 0.6 is 0 Å². The number of amides is 1. The van der Waals surface area contributed by atoms with Gasteiger partial charge in [0.25, 0.3) is 0 Å². The third-order valence-corrected chi connectivity index (χ3v) is 4.52. The summed E-state index contributed by atoms with van der Waals surface area (Å²) in [6.07, 6.45) is 15.1. The largest absolute Gasteiger partial charge is 0.465 e. The molecule has 0 saturated carbocycles. The Bertz CT molecular complexity index is 348. The number of unbranched alkanes of at least 4 members (excludes halogenated alkanes) is 9. The SMILES string of the molecule is CCCCCCCCCCCC(=O)NCCCC[C@H](N)C(=O)OCCC. The van der Waals surface area contributed by atoms with Gasteiger partial charge in [0.2, 0.25) is 5.91 Å². The van der Waals surface area contributed by atoms with E-state index < -0.39 is 6.04 Å². The van der Waals surface area contributed by atoms with Gasteiger partial charge in [0.1, 0.15) is 6.04 Å². The van der Waals surface area contributed by atoms with Crippen LogP contribution in [0, 0.1) is 0 Å². The lowest BCUT2D eigenvalue weighted by atomic mass is 10.1. The van der Waals surface area contributed by atoms with E-state index >= 15 is 0 Å². The van der Waals surface area contributed by atoms with E-state index in [1.54, 1.807) is 0 Å². The van der Waals surface area contributed by atoms with Crippen LogP contribution in [-0.2, 0) is 14.3 Å². The smallest absolute Gasteiger partial charge is 0.322 e. The topological polar surface area (TPSA) is 81.4 Å². The van der Waals surface area contributed by atoms with Gasteiger partial charge in [-0.3, -0.25) is 9.59 Å². The summed E-state index contributed by atoms with van der Waals surface area (Å²) < 4.78 is 5.01. The minimum Gasteiger partial charge on any atom is -0.465 e. The maximum Gasteiger partial charge on any atom is 0.322 e. The van der Waals surface area contributed by atoms with E-state index in [0.29, 0.717) is 26.0 Å². The number of esters is 1. The summed E-state index contributed by atoms with van der Waals surface area (Å²) in [7, 11) is 0. The summed E-state index contributed by atoms with van der Waals surface area (Å²) in [6.45, 7) is 5.29. The Balaban J connectivity index is 3.37. The minimum atomic E-state index is -0.542. The van der Waals surface area contributed by atoms with Crippen LogP contribution in [0.2, 0.25) is 0 Å². The predicted octanol–water partition coefficient (Wildman–Crippen LogP) is 4.47. The summed E-state index contributed by atoms with van der Waals surface area (Å²) in [5, 5.41) is 2.95. The Labute approximate surface area is 160 Å². The maximum atomic E-state index is 11.8. The molecular formula is C21H42N2O3. The highest BCUT2D eigenvalue weighted by Gasteiger charge is 2.13. The van der Waals surface area contributed by atoms with Crippen molar-refractivity contribution in [1.29, 1.82) is 0 Å². The van der Waals surface area contributed by atoms with Gasteiger partial charge in [-0.15, -0.1) is 0 Å². The van der Waals surface area contributed by atoms with Gasteiger partial charge in [0, 0.05) is 13.0 Å². The highest BCUT2D eigenvalue weighted by Crippen LogP contribution is 2.10. The zero-order chi connectivity index (χ0) is 19.5. The normalized spacial score (nSPS) is 12.0. The summed E-state index contributed by atoms with van der Waals surface area (Å²) in [6, 6.07) is -0.542. The van der Waals surface area contributed by atoms with Gasteiger partial charge in [-0.1, -0.05) is 65.2 Å². The van der Waals surface area contributed by atoms with Crippen molar-refractivity contribution in [2.75, 3.05) is 13.2 Å². The highest BCUT2D eigenvalue weighted by molar-refractivity contribution is 5.76. The number of rotatable bonds is 18. The van der Waals surface area contributed by atoms with E-state index in [0.717, 1.165) is 32.1 Å². The Morgan fingerprint density at radius 3 is 2.08 bits per heavy atom. The van der Waals surface area contributed by atoms with Crippen molar-refractivity contribution in [3.05, 3.63) is 0 Å². The summed E-state index contributed by atoms with van der Waals surface area (Å²) >= 11 is 0. The number of hydrogen-bond acceptors (Lipinski definition) is 4. The third kappa shape index (κ3) is 16.4. The maximum absolute atomic E-state index is 11.8. The molecule has 0 unspecified atom stereocenters. The molecule has 0 aromatic rings. The molecule has 0 fully saturated rings. The van der Waals surface area contributed by atoms with Crippen molar-refractivity contribution in [3.8, 4) is 0 Å². The quantitative estimate of drug-likeness (QED) is 0.275. The first-order valence-corrected chi connectivity index (χ1v) is 10.8. The molecule has 26 heavy (non-hydrogen) atoms. The third-order valence-electron chi connectivity index (χ3n) is 4.52. The molecule has 0 saturated heterocycles. The minimum absolute atomic E-state index is 0.139. The van der Waals surface area contributed by atoms with Crippen LogP contribution in [-0.4, -0.2) is 31.1 Å². The first-order valence-electron chi connectivity index (χ1n) is 10.8. The molecule has 0 aliphatic carbocycles. The molecule has 0 rings (SSSR count). The second-order valence-electron chi connectivity index (χ2n) is 7.20. The lowest BCUT2D eigenvalue weighted by Crippen LogP contribution is -2.32. The van der Waals surface area contributed by atoms with Gasteiger partial charge < -0.3 is 15.8 Å².